The molecule has 0 heteroatoms. The number of allylic oxidation sites excluding steroid dienone is 3. The molecule has 1 aliphatic carbocycles. The molecule has 88 valence electrons. The Morgan fingerprint density at radius 1 is 1.27 bits per heavy atom. The average Bonchev–Trinajstić information content (AvgIpc) is 2.79. The van der Waals surface area contributed by atoms with Gasteiger partial charge in [0.25, 0.3) is 0 Å². The van der Waals surface area contributed by atoms with E-state index in [-0.39, 0.29) is 0 Å². The predicted molar refractivity (Wildman–Crippen MR) is 71.0 cm³/mol. The van der Waals surface area contributed by atoms with E-state index in [1.165, 1.54) is 38.5 Å². The van der Waals surface area contributed by atoms with Crippen LogP contribution in [0.5, 0.6) is 0 Å². The molecule has 0 saturated heterocycles. The Morgan fingerprint density at radius 2 is 1.87 bits per heavy atom. The van der Waals surface area contributed by atoms with Crippen LogP contribution in [-0.4, -0.2) is 0 Å². The van der Waals surface area contributed by atoms with E-state index >= 15 is 0 Å². The van der Waals surface area contributed by atoms with Gasteiger partial charge >= 0.3 is 0 Å². The molecule has 0 unspecified atom stereocenters. The first-order valence-corrected chi connectivity index (χ1v) is 6.62. The molecule has 0 aromatic carbocycles. The van der Waals surface area contributed by atoms with E-state index in [2.05, 4.69) is 25.7 Å². The van der Waals surface area contributed by atoms with E-state index in [1.54, 1.807) is 0 Å². The van der Waals surface area contributed by atoms with Gasteiger partial charge in [-0.2, -0.15) is 0 Å². The summed E-state index contributed by atoms with van der Waals surface area (Å²) in [5, 5.41) is 0. The van der Waals surface area contributed by atoms with Crippen LogP contribution in [0, 0.1) is 11.8 Å². The SMILES string of the molecule is C=CC=C[C@@H](C)CCC1CCCC1.CC. The highest BCUT2D eigenvalue weighted by atomic mass is 14.2. The quantitative estimate of drug-likeness (QED) is 0.533. The minimum absolute atomic E-state index is 0.735. The summed E-state index contributed by atoms with van der Waals surface area (Å²) in [7, 11) is 0. The van der Waals surface area contributed by atoms with Crippen molar-refractivity contribution in [2.45, 2.75) is 59.3 Å². The number of hydrogen-bond acceptors (Lipinski definition) is 0. The van der Waals surface area contributed by atoms with E-state index in [4.69, 9.17) is 0 Å². The van der Waals surface area contributed by atoms with E-state index in [0.29, 0.717) is 0 Å². The van der Waals surface area contributed by atoms with Crippen molar-refractivity contribution in [1.82, 2.24) is 0 Å². The van der Waals surface area contributed by atoms with Crippen molar-refractivity contribution < 1.29 is 0 Å². The minimum atomic E-state index is 0.735. The molecule has 1 aliphatic rings. The Balaban J connectivity index is 0.000000921. The van der Waals surface area contributed by atoms with Gasteiger partial charge in [0, 0.05) is 0 Å². The van der Waals surface area contributed by atoms with Crippen LogP contribution in [0.2, 0.25) is 0 Å². The molecule has 0 aromatic heterocycles. The molecule has 0 nitrogen and oxygen atoms in total. The molecule has 1 saturated carbocycles. The van der Waals surface area contributed by atoms with Crippen molar-refractivity contribution in [3.05, 3.63) is 24.8 Å². The Bertz CT molecular complexity index is 161. The van der Waals surface area contributed by atoms with Crippen LogP contribution in [0.15, 0.2) is 24.8 Å². The Labute approximate surface area is 96.5 Å². The van der Waals surface area contributed by atoms with Gasteiger partial charge in [-0.3, -0.25) is 0 Å². The van der Waals surface area contributed by atoms with Gasteiger partial charge in [-0.25, -0.2) is 0 Å². The molecule has 1 fully saturated rings. The van der Waals surface area contributed by atoms with Gasteiger partial charge in [0.1, 0.15) is 0 Å². The van der Waals surface area contributed by atoms with Gasteiger partial charge in [0.2, 0.25) is 0 Å². The molecule has 0 spiro atoms. The van der Waals surface area contributed by atoms with E-state index < -0.39 is 0 Å². The largest absolute Gasteiger partial charge is 0.0991 e. The monoisotopic (exact) mass is 208 g/mol. The summed E-state index contributed by atoms with van der Waals surface area (Å²) in [6, 6.07) is 0. The summed E-state index contributed by atoms with van der Waals surface area (Å²) < 4.78 is 0. The maximum atomic E-state index is 3.68. The zero-order valence-corrected chi connectivity index (χ0v) is 10.8. The summed E-state index contributed by atoms with van der Waals surface area (Å²) in [5.74, 6) is 1.78. The average molecular weight is 208 g/mol. The third-order valence-corrected chi connectivity index (χ3v) is 3.08. The number of rotatable bonds is 5. The molecule has 1 rings (SSSR count). The molecular weight excluding hydrogens is 180 g/mol. The van der Waals surface area contributed by atoms with Crippen LogP contribution in [0.1, 0.15) is 59.3 Å². The van der Waals surface area contributed by atoms with Gasteiger partial charge < -0.3 is 0 Å². The molecule has 1 atom stereocenters. The summed E-state index contributed by atoms with van der Waals surface area (Å²) in [5.41, 5.74) is 0. The zero-order chi connectivity index (χ0) is 11.5. The normalized spacial score (nSPS) is 18.6. The summed E-state index contributed by atoms with van der Waals surface area (Å²) >= 11 is 0. The molecular formula is C15H28. The lowest BCUT2D eigenvalue weighted by molar-refractivity contribution is 0.450. The van der Waals surface area contributed by atoms with Gasteiger partial charge in [0.15, 0.2) is 0 Å². The highest BCUT2D eigenvalue weighted by molar-refractivity contribution is 4.99. The summed E-state index contributed by atoms with van der Waals surface area (Å²) in [4.78, 5) is 0. The highest BCUT2D eigenvalue weighted by Crippen LogP contribution is 2.29. The molecule has 0 N–H and O–H groups in total. The fourth-order valence-electron chi connectivity index (χ4n) is 2.16. The fraction of sp³-hybridized carbons (Fsp3) is 0.733. The molecule has 0 aliphatic heterocycles. The molecule has 0 bridgehead atoms. The second-order valence-corrected chi connectivity index (χ2v) is 4.33. The van der Waals surface area contributed by atoms with Crippen LogP contribution >= 0.6 is 0 Å². The van der Waals surface area contributed by atoms with Gasteiger partial charge in [0.05, 0.1) is 0 Å². The highest BCUT2D eigenvalue weighted by Gasteiger charge is 2.14. The first kappa shape index (κ1) is 14.5. The first-order chi connectivity index (χ1) is 7.33. The third-order valence-electron chi connectivity index (χ3n) is 3.08. The van der Waals surface area contributed by atoms with Crippen LogP contribution < -0.4 is 0 Å². The van der Waals surface area contributed by atoms with Crippen molar-refractivity contribution in [2.75, 3.05) is 0 Å². The fourth-order valence-corrected chi connectivity index (χ4v) is 2.16. The molecule has 0 amide bonds. The van der Waals surface area contributed by atoms with Crippen LogP contribution in [0.25, 0.3) is 0 Å². The van der Waals surface area contributed by atoms with Crippen molar-refractivity contribution in [1.29, 1.82) is 0 Å². The lowest BCUT2D eigenvalue weighted by Gasteiger charge is -2.10. The third kappa shape index (κ3) is 7.41. The lowest BCUT2D eigenvalue weighted by atomic mass is 9.95. The molecule has 0 aromatic rings. The van der Waals surface area contributed by atoms with Crippen LogP contribution in [0.3, 0.4) is 0 Å². The molecule has 0 radical (unpaired) electrons. The van der Waals surface area contributed by atoms with Gasteiger partial charge in [-0.05, 0) is 24.7 Å². The van der Waals surface area contributed by atoms with Crippen molar-refractivity contribution in [3.8, 4) is 0 Å². The predicted octanol–water partition coefficient (Wildman–Crippen LogP) is 5.36. The van der Waals surface area contributed by atoms with E-state index in [1.807, 2.05) is 19.9 Å². The second kappa shape index (κ2) is 10.0. The minimum Gasteiger partial charge on any atom is -0.0991 e. The smallest absolute Gasteiger partial charge is 0.0259 e. The number of hydrogen-bond donors (Lipinski definition) is 0. The molecule has 15 heavy (non-hydrogen) atoms. The van der Waals surface area contributed by atoms with Crippen molar-refractivity contribution >= 4 is 0 Å². The Hall–Kier alpha value is -0.520. The van der Waals surface area contributed by atoms with Crippen molar-refractivity contribution in [2.24, 2.45) is 11.8 Å². The second-order valence-electron chi connectivity index (χ2n) is 4.33. The topological polar surface area (TPSA) is 0 Å². The van der Waals surface area contributed by atoms with Gasteiger partial charge in [-0.1, -0.05) is 71.3 Å². The van der Waals surface area contributed by atoms with Crippen LogP contribution in [0.4, 0.5) is 0 Å². The Morgan fingerprint density at radius 3 is 2.40 bits per heavy atom. The standard InChI is InChI=1S/C13H22.C2H6/c1-3-4-7-12(2)10-11-13-8-5-6-9-13;1-2/h3-4,7,12-13H,1,5-6,8-11H2,2H3;1-2H3/t12-;/m1./s1. The lowest BCUT2D eigenvalue weighted by Crippen LogP contribution is -1.97. The Kier molecular flexibility index (Phi) is 9.67. The van der Waals surface area contributed by atoms with E-state index in [9.17, 15) is 0 Å². The first-order valence-electron chi connectivity index (χ1n) is 6.62. The summed E-state index contributed by atoms with van der Waals surface area (Å²) in [6.07, 6.45) is 14.9. The van der Waals surface area contributed by atoms with Gasteiger partial charge in [-0.15, -0.1) is 0 Å². The summed E-state index contributed by atoms with van der Waals surface area (Å²) in [6.45, 7) is 9.98. The zero-order valence-electron chi connectivity index (χ0n) is 10.8. The maximum Gasteiger partial charge on any atom is -0.0259 e. The van der Waals surface area contributed by atoms with Crippen molar-refractivity contribution in [3.63, 3.8) is 0 Å². The molecule has 0 heterocycles. The maximum absolute atomic E-state index is 3.68. The van der Waals surface area contributed by atoms with E-state index in [0.717, 1.165) is 11.8 Å². The van der Waals surface area contributed by atoms with Crippen LogP contribution in [-0.2, 0) is 0 Å².